The van der Waals surface area contributed by atoms with E-state index in [2.05, 4.69) is 10.4 Å². The van der Waals surface area contributed by atoms with Gasteiger partial charge in [0.05, 0.1) is 16.8 Å². The molecule has 0 saturated heterocycles. The molecule has 0 spiro atoms. The molecular formula is C18H21N5O3S. The van der Waals surface area contributed by atoms with E-state index in [0.717, 1.165) is 10.4 Å². The molecule has 0 unspecified atom stereocenters. The van der Waals surface area contributed by atoms with Crippen LogP contribution in [0.1, 0.15) is 64.5 Å². The molecule has 0 atom stereocenters. The van der Waals surface area contributed by atoms with Gasteiger partial charge in [-0.2, -0.15) is 10.4 Å². The molecule has 0 radical (unpaired) electrons. The van der Waals surface area contributed by atoms with Crippen molar-refractivity contribution >= 4 is 28.2 Å². The second-order valence-corrected chi connectivity index (χ2v) is 8.68. The van der Waals surface area contributed by atoms with Gasteiger partial charge in [0, 0.05) is 24.5 Å². The van der Waals surface area contributed by atoms with Crippen LogP contribution in [0.4, 0.5) is 5.00 Å². The number of nitrogens with zero attached hydrogens (tertiary/aromatic N) is 3. The van der Waals surface area contributed by atoms with Crippen molar-refractivity contribution in [2.45, 2.75) is 45.3 Å². The molecule has 2 aromatic rings. The van der Waals surface area contributed by atoms with E-state index in [0.29, 0.717) is 17.0 Å². The molecule has 3 N–H and O–H groups in total. The topological polar surface area (TPSA) is 123 Å². The minimum Gasteiger partial charge on any atom is -0.365 e. The summed E-state index contributed by atoms with van der Waals surface area (Å²) in [5, 5.41) is 16.3. The third-order valence-electron chi connectivity index (χ3n) is 4.33. The average Bonchev–Trinajstić information content (AvgIpc) is 3.06. The van der Waals surface area contributed by atoms with Crippen molar-refractivity contribution in [2.24, 2.45) is 12.8 Å². The summed E-state index contributed by atoms with van der Waals surface area (Å²) in [7, 11) is 1.62. The molecule has 0 bridgehead atoms. The molecule has 1 aliphatic rings. The second-order valence-electron chi connectivity index (χ2n) is 7.66. The highest BCUT2D eigenvalue weighted by molar-refractivity contribution is 7.17. The number of ether oxygens (including phenoxy) is 1. The standard InChI is InChI=1S/C18H21N5O3S/c1-17(2)6-10-11(14(20)24)16(27-13(10)18(3,4)26-17)21-15(25)12-9(7-19)8-23(5)22-12/h8H,6H2,1-5H3,(H2,20,24)(H,21,25). The van der Waals surface area contributed by atoms with Gasteiger partial charge in [0.15, 0.2) is 5.69 Å². The molecule has 9 heteroatoms. The Morgan fingerprint density at radius 1 is 1.41 bits per heavy atom. The summed E-state index contributed by atoms with van der Waals surface area (Å²) in [4.78, 5) is 25.7. The van der Waals surface area contributed by atoms with Gasteiger partial charge in [-0.05, 0) is 33.3 Å². The van der Waals surface area contributed by atoms with E-state index in [1.54, 1.807) is 7.05 Å². The number of anilines is 1. The lowest BCUT2D eigenvalue weighted by molar-refractivity contribution is -0.135. The van der Waals surface area contributed by atoms with Gasteiger partial charge in [0.25, 0.3) is 11.8 Å². The van der Waals surface area contributed by atoms with E-state index in [1.165, 1.54) is 22.2 Å². The maximum atomic E-state index is 12.7. The van der Waals surface area contributed by atoms with Crippen LogP contribution in [0.5, 0.6) is 0 Å². The third-order valence-corrected chi connectivity index (χ3v) is 5.78. The molecule has 2 amide bonds. The number of carbonyl (C=O) groups is 2. The molecular weight excluding hydrogens is 366 g/mol. The number of aryl methyl sites for hydroxylation is 1. The highest BCUT2D eigenvalue weighted by Crippen LogP contribution is 2.48. The Morgan fingerprint density at radius 2 is 2.07 bits per heavy atom. The number of nitriles is 1. The molecule has 8 nitrogen and oxygen atoms in total. The molecule has 3 heterocycles. The zero-order valence-electron chi connectivity index (χ0n) is 15.8. The van der Waals surface area contributed by atoms with Crippen molar-refractivity contribution in [3.63, 3.8) is 0 Å². The van der Waals surface area contributed by atoms with E-state index < -0.39 is 23.0 Å². The zero-order chi connectivity index (χ0) is 20.1. The van der Waals surface area contributed by atoms with Gasteiger partial charge in [0.2, 0.25) is 0 Å². The lowest BCUT2D eigenvalue weighted by Gasteiger charge is -2.41. The summed E-state index contributed by atoms with van der Waals surface area (Å²) in [6.07, 6.45) is 1.96. The zero-order valence-corrected chi connectivity index (χ0v) is 16.7. The van der Waals surface area contributed by atoms with Crippen LogP contribution < -0.4 is 11.1 Å². The lowest BCUT2D eigenvalue weighted by Crippen LogP contribution is -2.42. The van der Waals surface area contributed by atoms with Gasteiger partial charge < -0.3 is 15.8 Å². The number of carbonyl (C=O) groups excluding carboxylic acids is 2. The van der Waals surface area contributed by atoms with E-state index in [-0.39, 0.29) is 11.3 Å². The monoisotopic (exact) mass is 387 g/mol. The number of nitrogens with two attached hydrogens (primary N) is 1. The normalized spacial score (nSPS) is 17.0. The molecule has 27 heavy (non-hydrogen) atoms. The number of aromatic nitrogens is 2. The van der Waals surface area contributed by atoms with E-state index in [4.69, 9.17) is 10.5 Å². The van der Waals surface area contributed by atoms with Gasteiger partial charge in [-0.3, -0.25) is 14.3 Å². The first-order valence-electron chi connectivity index (χ1n) is 8.36. The fourth-order valence-electron chi connectivity index (χ4n) is 3.57. The summed E-state index contributed by atoms with van der Waals surface area (Å²) in [6, 6.07) is 1.94. The number of amides is 2. The first kappa shape index (κ1) is 19.1. The van der Waals surface area contributed by atoms with Crippen molar-refractivity contribution in [2.75, 3.05) is 5.32 Å². The molecule has 1 aliphatic heterocycles. The second kappa shape index (κ2) is 6.18. The number of fused-ring (bicyclic) bond motifs is 1. The van der Waals surface area contributed by atoms with Crippen LogP contribution in [-0.4, -0.2) is 27.2 Å². The van der Waals surface area contributed by atoms with Gasteiger partial charge >= 0.3 is 0 Å². The molecule has 0 fully saturated rings. The Balaban J connectivity index is 2.07. The predicted molar refractivity (Wildman–Crippen MR) is 101 cm³/mol. The van der Waals surface area contributed by atoms with Crippen LogP contribution in [0.15, 0.2) is 6.20 Å². The molecule has 0 aliphatic carbocycles. The van der Waals surface area contributed by atoms with Gasteiger partial charge in [-0.25, -0.2) is 0 Å². The highest BCUT2D eigenvalue weighted by Gasteiger charge is 2.43. The van der Waals surface area contributed by atoms with E-state index >= 15 is 0 Å². The van der Waals surface area contributed by atoms with Gasteiger partial charge in [-0.15, -0.1) is 11.3 Å². The van der Waals surface area contributed by atoms with Crippen LogP contribution in [0.2, 0.25) is 0 Å². The Morgan fingerprint density at radius 3 is 2.67 bits per heavy atom. The Labute approximate surface area is 160 Å². The Kier molecular flexibility index (Phi) is 4.37. The van der Waals surface area contributed by atoms with Crippen LogP contribution in [0.3, 0.4) is 0 Å². The Hall–Kier alpha value is -2.70. The largest absolute Gasteiger partial charge is 0.365 e. The first-order valence-corrected chi connectivity index (χ1v) is 9.18. The minimum absolute atomic E-state index is 0.00219. The summed E-state index contributed by atoms with van der Waals surface area (Å²) in [5.74, 6) is -1.18. The fourth-order valence-corrected chi connectivity index (χ4v) is 4.83. The van der Waals surface area contributed by atoms with Gasteiger partial charge in [-0.1, -0.05) is 0 Å². The van der Waals surface area contributed by atoms with E-state index in [9.17, 15) is 14.9 Å². The molecule has 142 valence electrons. The number of primary amides is 1. The average molecular weight is 387 g/mol. The van der Waals surface area contributed by atoms with Crippen molar-refractivity contribution in [3.05, 3.63) is 33.5 Å². The lowest BCUT2D eigenvalue weighted by atomic mass is 9.86. The van der Waals surface area contributed by atoms with Crippen LogP contribution >= 0.6 is 11.3 Å². The predicted octanol–water partition coefficient (Wildman–Crippen LogP) is 2.29. The molecule has 0 aromatic carbocycles. The summed E-state index contributed by atoms with van der Waals surface area (Å²) in [5.41, 5.74) is 5.78. The van der Waals surface area contributed by atoms with Crippen molar-refractivity contribution in [3.8, 4) is 6.07 Å². The highest BCUT2D eigenvalue weighted by atomic mass is 32.1. The van der Waals surface area contributed by atoms with Crippen LogP contribution in [0.25, 0.3) is 0 Å². The smallest absolute Gasteiger partial charge is 0.278 e. The molecule has 2 aromatic heterocycles. The van der Waals surface area contributed by atoms with Crippen molar-refractivity contribution in [1.82, 2.24) is 9.78 Å². The van der Waals surface area contributed by atoms with Gasteiger partial charge in [0.1, 0.15) is 16.6 Å². The number of rotatable bonds is 3. The molecule has 0 saturated carbocycles. The van der Waals surface area contributed by atoms with Crippen molar-refractivity contribution in [1.29, 1.82) is 5.26 Å². The number of nitrogens with one attached hydrogen (secondary N) is 1. The summed E-state index contributed by atoms with van der Waals surface area (Å²) in [6.45, 7) is 7.75. The summed E-state index contributed by atoms with van der Waals surface area (Å²) >= 11 is 1.27. The maximum absolute atomic E-state index is 12.7. The number of hydrogen-bond acceptors (Lipinski definition) is 6. The maximum Gasteiger partial charge on any atom is 0.278 e. The summed E-state index contributed by atoms with van der Waals surface area (Å²) < 4.78 is 7.54. The number of thiophene rings is 1. The number of hydrogen-bond donors (Lipinski definition) is 2. The van der Waals surface area contributed by atoms with Crippen LogP contribution in [0, 0.1) is 11.3 Å². The fraction of sp³-hybridized carbons (Fsp3) is 0.444. The quantitative estimate of drug-likeness (QED) is 0.836. The minimum atomic E-state index is -0.627. The van der Waals surface area contributed by atoms with Crippen molar-refractivity contribution < 1.29 is 14.3 Å². The first-order chi connectivity index (χ1) is 12.4. The SMILES string of the molecule is Cn1cc(C#N)c(C(=O)Nc2sc3c(c2C(N)=O)CC(C)(C)OC3(C)C)n1. The van der Waals surface area contributed by atoms with E-state index in [1.807, 2.05) is 33.8 Å². The third kappa shape index (κ3) is 3.34. The Bertz CT molecular complexity index is 994. The van der Waals surface area contributed by atoms with Crippen LogP contribution in [-0.2, 0) is 23.8 Å². The molecule has 3 rings (SSSR count).